The molecule has 0 bridgehead atoms. The number of carbonyl (C=O) groups excluding carboxylic acids is 1. The first kappa shape index (κ1) is 7.79. The molecule has 0 saturated carbocycles. The zero-order chi connectivity index (χ0) is 9.26. The van der Waals surface area contributed by atoms with Gasteiger partial charge < -0.3 is 10.3 Å². The summed E-state index contributed by atoms with van der Waals surface area (Å²) in [5.74, 6) is -0.339. The number of pyridine rings is 1. The molecule has 4 heteroatoms. The topological polar surface area (TPSA) is 60.9 Å². The Bertz CT molecular complexity index is 447. The molecule has 2 aromatic rings. The van der Waals surface area contributed by atoms with Crippen molar-refractivity contribution in [3.8, 4) is 0 Å². The van der Waals surface area contributed by atoms with Crippen molar-refractivity contribution in [1.29, 1.82) is 0 Å². The van der Waals surface area contributed by atoms with Crippen LogP contribution in [-0.4, -0.2) is 15.5 Å². The minimum atomic E-state index is -0.339. The van der Waals surface area contributed by atoms with Gasteiger partial charge in [0.15, 0.2) is 0 Å². The summed E-state index contributed by atoms with van der Waals surface area (Å²) in [6.07, 6.45) is 5.28. The third-order valence-corrected chi connectivity index (χ3v) is 1.90. The Balaban J connectivity index is 2.51. The highest BCUT2D eigenvalue weighted by atomic mass is 16.1. The van der Waals surface area contributed by atoms with Gasteiger partial charge in [-0.15, -0.1) is 0 Å². The summed E-state index contributed by atoms with van der Waals surface area (Å²) >= 11 is 0. The van der Waals surface area contributed by atoms with Crippen LogP contribution in [-0.2, 0) is 11.3 Å². The number of hydrogen-bond donors (Lipinski definition) is 1. The molecule has 0 saturated heterocycles. The molecule has 0 radical (unpaired) electrons. The van der Waals surface area contributed by atoms with E-state index in [9.17, 15) is 4.79 Å². The normalized spacial score (nSPS) is 10.5. The summed E-state index contributed by atoms with van der Waals surface area (Å²) in [6, 6.07) is 3.77. The van der Waals surface area contributed by atoms with Crippen LogP contribution in [0.3, 0.4) is 0 Å². The minimum Gasteiger partial charge on any atom is -0.368 e. The number of nitrogens with two attached hydrogens (primary N) is 1. The van der Waals surface area contributed by atoms with Crippen LogP contribution in [0.1, 0.15) is 0 Å². The zero-order valence-electron chi connectivity index (χ0n) is 6.97. The van der Waals surface area contributed by atoms with Crippen LogP contribution in [0.4, 0.5) is 0 Å². The maximum atomic E-state index is 10.7. The van der Waals surface area contributed by atoms with Crippen LogP contribution < -0.4 is 5.73 Å². The molecule has 0 unspecified atom stereocenters. The Labute approximate surface area is 75.0 Å². The fourth-order valence-electron chi connectivity index (χ4n) is 1.35. The molecule has 0 fully saturated rings. The number of amides is 1. The van der Waals surface area contributed by atoms with Crippen molar-refractivity contribution in [3.63, 3.8) is 0 Å². The number of fused-ring (bicyclic) bond motifs is 1. The van der Waals surface area contributed by atoms with Crippen LogP contribution in [0.2, 0.25) is 0 Å². The largest absolute Gasteiger partial charge is 0.368 e. The van der Waals surface area contributed by atoms with E-state index in [2.05, 4.69) is 4.98 Å². The predicted octanol–water partition coefficient (Wildman–Crippen LogP) is 0.522. The predicted molar refractivity (Wildman–Crippen MR) is 48.9 cm³/mol. The highest BCUT2D eigenvalue weighted by Crippen LogP contribution is 2.12. The van der Waals surface area contributed by atoms with Gasteiger partial charge in [0.2, 0.25) is 5.91 Å². The van der Waals surface area contributed by atoms with Gasteiger partial charge in [-0.3, -0.25) is 9.78 Å². The molecule has 4 nitrogen and oxygen atoms in total. The van der Waals surface area contributed by atoms with Crippen molar-refractivity contribution in [2.24, 2.45) is 5.73 Å². The van der Waals surface area contributed by atoms with Crippen molar-refractivity contribution >= 4 is 16.8 Å². The van der Waals surface area contributed by atoms with Crippen molar-refractivity contribution in [2.45, 2.75) is 6.54 Å². The zero-order valence-corrected chi connectivity index (χ0v) is 6.97. The molecule has 2 heterocycles. The van der Waals surface area contributed by atoms with Gasteiger partial charge in [0.25, 0.3) is 0 Å². The molecule has 2 rings (SSSR count). The van der Waals surface area contributed by atoms with E-state index in [1.54, 1.807) is 17.0 Å². The molecule has 0 aliphatic heterocycles. The molecular weight excluding hydrogens is 166 g/mol. The second-order valence-electron chi connectivity index (χ2n) is 2.84. The SMILES string of the molecule is NC(=O)Cn1ccc2cnccc21. The number of hydrogen-bond acceptors (Lipinski definition) is 2. The Morgan fingerprint density at radius 2 is 2.38 bits per heavy atom. The lowest BCUT2D eigenvalue weighted by molar-refractivity contribution is -0.118. The summed E-state index contributed by atoms with van der Waals surface area (Å²) in [4.78, 5) is 14.7. The van der Waals surface area contributed by atoms with E-state index in [-0.39, 0.29) is 12.5 Å². The summed E-state index contributed by atoms with van der Waals surface area (Å²) in [5, 5.41) is 1.02. The van der Waals surface area contributed by atoms with Crippen molar-refractivity contribution < 1.29 is 4.79 Å². The van der Waals surface area contributed by atoms with E-state index in [0.717, 1.165) is 10.9 Å². The molecule has 0 aliphatic carbocycles. The van der Waals surface area contributed by atoms with Crippen LogP contribution in [0.15, 0.2) is 30.7 Å². The van der Waals surface area contributed by atoms with Gasteiger partial charge in [-0.1, -0.05) is 0 Å². The van der Waals surface area contributed by atoms with Crippen molar-refractivity contribution in [3.05, 3.63) is 30.7 Å². The lowest BCUT2D eigenvalue weighted by atomic mass is 10.3. The number of primary amides is 1. The smallest absolute Gasteiger partial charge is 0.237 e. The lowest BCUT2D eigenvalue weighted by Crippen LogP contribution is -2.17. The van der Waals surface area contributed by atoms with Gasteiger partial charge in [-0.25, -0.2) is 0 Å². The van der Waals surface area contributed by atoms with Gasteiger partial charge in [-0.2, -0.15) is 0 Å². The Hall–Kier alpha value is -1.84. The summed E-state index contributed by atoms with van der Waals surface area (Å²) in [6.45, 7) is 0.216. The van der Waals surface area contributed by atoms with Gasteiger partial charge in [0, 0.05) is 24.0 Å². The summed E-state index contributed by atoms with van der Waals surface area (Å²) in [7, 11) is 0. The molecule has 13 heavy (non-hydrogen) atoms. The Kier molecular flexibility index (Phi) is 1.73. The fourth-order valence-corrected chi connectivity index (χ4v) is 1.35. The highest BCUT2D eigenvalue weighted by molar-refractivity contribution is 5.81. The van der Waals surface area contributed by atoms with E-state index < -0.39 is 0 Å². The number of rotatable bonds is 2. The fraction of sp³-hybridized carbons (Fsp3) is 0.111. The molecule has 0 spiro atoms. The van der Waals surface area contributed by atoms with Crippen LogP contribution in [0, 0.1) is 0 Å². The highest BCUT2D eigenvalue weighted by Gasteiger charge is 2.01. The molecule has 1 amide bonds. The summed E-state index contributed by atoms with van der Waals surface area (Å²) < 4.78 is 1.80. The molecule has 0 atom stereocenters. The standard InChI is InChI=1S/C9H9N3O/c10-9(13)6-12-4-2-7-5-11-3-1-8(7)12/h1-5H,6H2,(H2,10,13). The van der Waals surface area contributed by atoms with E-state index in [1.165, 1.54) is 0 Å². The third kappa shape index (κ3) is 1.38. The number of carbonyl (C=O) groups is 1. The van der Waals surface area contributed by atoms with E-state index in [4.69, 9.17) is 5.73 Å². The maximum Gasteiger partial charge on any atom is 0.237 e. The van der Waals surface area contributed by atoms with E-state index in [1.807, 2.05) is 18.3 Å². The van der Waals surface area contributed by atoms with Gasteiger partial charge in [0.1, 0.15) is 6.54 Å². The average Bonchev–Trinajstić information content (AvgIpc) is 2.48. The average molecular weight is 175 g/mol. The first-order valence-corrected chi connectivity index (χ1v) is 3.94. The first-order valence-electron chi connectivity index (χ1n) is 3.94. The van der Waals surface area contributed by atoms with Gasteiger partial charge in [-0.05, 0) is 12.1 Å². The van der Waals surface area contributed by atoms with Crippen LogP contribution >= 0.6 is 0 Å². The molecule has 2 aromatic heterocycles. The summed E-state index contributed by atoms with van der Waals surface area (Å²) in [5.41, 5.74) is 6.08. The molecule has 2 N–H and O–H groups in total. The van der Waals surface area contributed by atoms with E-state index in [0.29, 0.717) is 0 Å². The Morgan fingerprint density at radius 3 is 3.15 bits per heavy atom. The van der Waals surface area contributed by atoms with Crippen LogP contribution in [0.5, 0.6) is 0 Å². The molecule has 66 valence electrons. The Morgan fingerprint density at radius 1 is 1.54 bits per heavy atom. The van der Waals surface area contributed by atoms with E-state index >= 15 is 0 Å². The van der Waals surface area contributed by atoms with Crippen molar-refractivity contribution in [2.75, 3.05) is 0 Å². The second-order valence-corrected chi connectivity index (χ2v) is 2.84. The lowest BCUT2D eigenvalue weighted by Gasteiger charge is -2.00. The number of nitrogens with zero attached hydrogens (tertiary/aromatic N) is 2. The minimum absolute atomic E-state index is 0.216. The number of aromatic nitrogens is 2. The molecule has 0 aromatic carbocycles. The first-order chi connectivity index (χ1) is 6.27. The molecule has 0 aliphatic rings. The second kappa shape index (κ2) is 2.90. The van der Waals surface area contributed by atoms with Gasteiger partial charge >= 0.3 is 0 Å². The third-order valence-electron chi connectivity index (χ3n) is 1.90. The van der Waals surface area contributed by atoms with Crippen LogP contribution in [0.25, 0.3) is 10.9 Å². The monoisotopic (exact) mass is 175 g/mol. The molecular formula is C9H9N3O. The van der Waals surface area contributed by atoms with Crippen molar-refractivity contribution in [1.82, 2.24) is 9.55 Å². The maximum absolute atomic E-state index is 10.7. The van der Waals surface area contributed by atoms with Gasteiger partial charge in [0.05, 0.1) is 5.52 Å². The quantitative estimate of drug-likeness (QED) is 0.723.